The van der Waals surface area contributed by atoms with Crippen LogP contribution in [0.4, 0.5) is 0 Å². The lowest BCUT2D eigenvalue weighted by Crippen LogP contribution is -2.42. The van der Waals surface area contributed by atoms with E-state index in [4.69, 9.17) is 14.0 Å². The molecule has 1 aliphatic heterocycles. The fourth-order valence-corrected chi connectivity index (χ4v) is 4.54. The van der Waals surface area contributed by atoms with Crippen LogP contribution in [0.15, 0.2) is 4.52 Å². The third-order valence-corrected chi connectivity index (χ3v) is 6.59. The molecular formula is C14H23N3O5S. The zero-order chi connectivity index (χ0) is 16.3. The summed E-state index contributed by atoms with van der Waals surface area (Å²) in [6.45, 7) is 1.88. The van der Waals surface area contributed by atoms with Gasteiger partial charge in [-0.3, -0.25) is 0 Å². The summed E-state index contributed by atoms with van der Waals surface area (Å²) in [5.74, 6) is 1.06. The molecule has 1 aliphatic carbocycles. The first-order valence-electron chi connectivity index (χ1n) is 8.00. The highest BCUT2D eigenvalue weighted by Gasteiger charge is 2.41. The van der Waals surface area contributed by atoms with Crippen molar-refractivity contribution in [2.24, 2.45) is 0 Å². The molecule has 3 rings (SSSR count). The Hall–Kier alpha value is -1.03. The first-order valence-corrected chi connectivity index (χ1v) is 9.51. The van der Waals surface area contributed by atoms with Crippen molar-refractivity contribution in [3.8, 4) is 0 Å². The van der Waals surface area contributed by atoms with Crippen LogP contribution in [-0.2, 0) is 32.5 Å². The lowest BCUT2D eigenvalue weighted by molar-refractivity contribution is -0.00121. The lowest BCUT2D eigenvalue weighted by Gasteiger charge is -2.30. The average molecular weight is 345 g/mol. The van der Waals surface area contributed by atoms with Crippen molar-refractivity contribution in [2.45, 2.75) is 50.1 Å². The molecular weight excluding hydrogens is 322 g/mol. The van der Waals surface area contributed by atoms with E-state index < -0.39 is 10.0 Å². The number of hydrogen-bond donors (Lipinski definition) is 0. The second-order valence-corrected chi connectivity index (χ2v) is 8.21. The predicted octanol–water partition coefficient (Wildman–Crippen LogP) is 0.732. The zero-order valence-electron chi connectivity index (χ0n) is 13.3. The molecule has 1 saturated carbocycles. The van der Waals surface area contributed by atoms with E-state index in [1.807, 2.05) is 0 Å². The summed E-state index contributed by atoms with van der Waals surface area (Å²) in [6, 6.07) is 0. The molecule has 1 aromatic rings. The summed E-state index contributed by atoms with van der Waals surface area (Å²) in [5.41, 5.74) is 0. The van der Waals surface area contributed by atoms with Gasteiger partial charge in [-0.1, -0.05) is 5.16 Å². The van der Waals surface area contributed by atoms with Crippen LogP contribution in [0, 0.1) is 0 Å². The van der Waals surface area contributed by atoms with E-state index in [1.165, 1.54) is 0 Å². The van der Waals surface area contributed by atoms with Gasteiger partial charge in [-0.2, -0.15) is 4.98 Å². The number of ether oxygens (including phenoxy) is 2. The van der Waals surface area contributed by atoms with Crippen molar-refractivity contribution in [3.63, 3.8) is 0 Å². The molecule has 1 saturated heterocycles. The van der Waals surface area contributed by atoms with E-state index in [0.717, 1.165) is 12.8 Å². The van der Waals surface area contributed by atoms with Gasteiger partial charge in [-0.15, -0.1) is 0 Å². The second-order valence-electron chi connectivity index (χ2n) is 6.00. The van der Waals surface area contributed by atoms with Gasteiger partial charge in [0.05, 0.1) is 18.0 Å². The highest BCUT2D eigenvalue weighted by Crippen LogP contribution is 2.32. The fraction of sp³-hybridized carbons (Fsp3) is 0.857. The third-order valence-electron chi connectivity index (χ3n) is 4.19. The Bertz CT molecular complexity index is 606. The normalized spacial score (nSPS) is 20.9. The molecule has 0 N–H and O–H groups in total. The Morgan fingerprint density at radius 2 is 2.00 bits per heavy atom. The zero-order valence-corrected chi connectivity index (χ0v) is 14.1. The molecule has 0 spiro atoms. The fourth-order valence-electron chi connectivity index (χ4n) is 2.66. The van der Waals surface area contributed by atoms with E-state index in [-0.39, 0.29) is 18.0 Å². The molecule has 23 heavy (non-hydrogen) atoms. The number of methoxy groups -OCH3 is 1. The smallest absolute Gasteiger partial charge is 0.252 e. The summed E-state index contributed by atoms with van der Waals surface area (Å²) in [4.78, 5) is 4.23. The molecule has 8 nitrogen and oxygen atoms in total. The minimum Gasteiger partial charge on any atom is -0.384 e. The van der Waals surface area contributed by atoms with Crippen LogP contribution in [0.5, 0.6) is 0 Å². The first kappa shape index (κ1) is 16.8. The predicted molar refractivity (Wildman–Crippen MR) is 81.2 cm³/mol. The standard InChI is InChI=1S/C14H23N3O5S/c1-20-9-6-13-15-14(22-16-13)10-21-11-4-7-17(8-5-11)23(18,19)12-2-3-12/h11-12H,2-10H2,1H3. The van der Waals surface area contributed by atoms with Crippen LogP contribution in [-0.4, -0.2) is 61.0 Å². The largest absolute Gasteiger partial charge is 0.384 e. The van der Waals surface area contributed by atoms with Gasteiger partial charge in [0.1, 0.15) is 6.61 Å². The van der Waals surface area contributed by atoms with Gasteiger partial charge in [0, 0.05) is 26.6 Å². The summed E-state index contributed by atoms with van der Waals surface area (Å²) in [6.07, 6.45) is 3.67. The van der Waals surface area contributed by atoms with Gasteiger partial charge in [-0.25, -0.2) is 12.7 Å². The minimum absolute atomic E-state index is 0.0370. The molecule has 2 aliphatic rings. The molecule has 9 heteroatoms. The molecule has 0 radical (unpaired) electrons. The Balaban J connectivity index is 1.41. The van der Waals surface area contributed by atoms with Crippen molar-refractivity contribution in [3.05, 3.63) is 11.7 Å². The van der Waals surface area contributed by atoms with Gasteiger partial charge in [0.25, 0.3) is 5.89 Å². The SMILES string of the molecule is COCCc1noc(COC2CCN(S(=O)(=O)C3CC3)CC2)n1. The monoisotopic (exact) mass is 345 g/mol. The van der Waals surface area contributed by atoms with Crippen LogP contribution >= 0.6 is 0 Å². The van der Waals surface area contributed by atoms with Gasteiger partial charge in [0.2, 0.25) is 10.0 Å². The summed E-state index contributed by atoms with van der Waals surface area (Å²) in [5, 5.41) is 3.72. The molecule has 2 heterocycles. The number of rotatable bonds is 8. The number of aromatic nitrogens is 2. The molecule has 0 bridgehead atoms. The van der Waals surface area contributed by atoms with Crippen molar-refractivity contribution in [2.75, 3.05) is 26.8 Å². The van der Waals surface area contributed by atoms with Crippen molar-refractivity contribution < 1.29 is 22.4 Å². The Kier molecular flexibility index (Phi) is 5.30. The second kappa shape index (κ2) is 7.25. The number of hydrogen-bond acceptors (Lipinski definition) is 7. The van der Waals surface area contributed by atoms with E-state index in [2.05, 4.69) is 10.1 Å². The first-order chi connectivity index (χ1) is 11.1. The van der Waals surface area contributed by atoms with E-state index in [1.54, 1.807) is 11.4 Å². The molecule has 2 fully saturated rings. The highest BCUT2D eigenvalue weighted by atomic mass is 32.2. The Morgan fingerprint density at radius 1 is 1.26 bits per heavy atom. The number of piperidine rings is 1. The topological polar surface area (TPSA) is 94.8 Å². The maximum Gasteiger partial charge on any atom is 0.252 e. The van der Waals surface area contributed by atoms with E-state index >= 15 is 0 Å². The average Bonchev–Trinajstić information content (AvgIpc) is 3.33. The lowest BCUT2D eigenvalue weighted by atomic mass is 10.1. The molecule has 0 aromatic carbocycles. The molecule has 1 aromatic heterocycles. The van der Waals surface area contributed by atoms with Crippen LogP contribution in [0.2, 0.25) is 0 Å². The van der Waals surface area contributed by atoms with Crippen molar-refractivity contribution >= 4 is 10.0 Å². The summed E-state index contributed by atoms with van der Waals surface area (Å²) in [7, 11) is -1.43. The third kappa shape index (κ3) is 4.28. The van der Waals surface area contributed by atoms with Gasteiger partial charge < -0.3 is 14.0 Å². The maximum absolute atomic E-state index is 12.2. The van der Waals surface area contributed by atoms with Gasteiger partial charge in [0.15, 0.2) is 5.82 Å². The quantitative estimate of drug-likeness (QED) is 0.685. The molecule has 0 unspecified atom stereocenters. The Morgan fingerprint density at radius 3 is 2.65 bits per heavy atom. The van der Waals surface area contributed by atoms with E-state index in [9.17, 15) is 8.42 Å². The summed E-state index contributed by atoms with van der Waals surface area (Å²) < 4.78 is 41.8. The number of nitrogens with zero attached hydrogens (tertiary/aromatic N) is 3. The van der Waals surface area contributed by atoms with Gasteiger partial charge >= 0.3 is 0 Å². The van der Waals surface area contributed by atoms with Crippen LogP contribution < -0.4 is 0 Å². The van der Waals surface area contributed by atoms with Crippen LogP contribution in [0.3, 0.4) is 0 Å². The maximum atomic E-state index is 12.2. The van der Waals surface area contributed by atoms with Crippen LogP contribution in [0.1, 0.15) is 37.4 Å². The molecule has 0 atom stereocenters. The van der Waals surface area contributed by atoms with Crippen LogP contribution in [0.25, 0.3) is 0 Å². The molecule has 0 amide bonds. The van der Waals surface area contributed by atoms with Gasteiger partial charge in [-0.05, 0) is 25.7 Å². The van der Waals surface area contributed by atoms with E-state index in [0.29, 0.717) is 50.7 Å². The highest BCUT2D eigenvalue weighted by molar-refractivity contribution is 7.90. The Labute approximate surface area is 136 Å². The molecule has 130 valence electrons. The number of sulfonamides is 1. The van der Waals surface area contributed by atoms with Crippen molar-refractivity contribution in [1.82, 2.24) is 14.4 Å². The minimum atomic E-state index is -3.06. The summed E-state index contributed by atoms with van der Waals surface area (Å²) >= 11 is 0. The van der Waals surface area contributed by atoms with Crippen molar-refractivity contribution in [1.29, 1.82) is 0 Å².